The Morgan fingerprint density at radius 3 is 2.26 bits per heavy atom. The van der Waals surface area contributed by atoms with Crippen LogP contribution >= 0.6 is 27.7 Å². The first kappa shape index (κ1) is 14.6. The van der Waals surface area contributed by atoms with Crippen molar-refractivity contribution in [3.63, 3.8) is 0 Å². The zero-order chi connectivity index (χ0) is 13.9. The quantitative estimate of drug-likeness (QED) is 0.693. The summed E-state index contributed by atoms with van der Waals surface area (Å²) in [5.74, 6) is 0.957. The van der Waals surface area contributed by atoms with Crippen LogP contribution in [0.2, 0.25) is 0 Å². The van der Waals surface area contributed by atoms with E-state index in [1.807, 2.05) is 18.3 Å². The van der Waals surface area contributed by atoms with E-state index in [9.17, 15) is 0 Å². The van der Waals surface area contributed by atoms with E-state index >= 15 is 0 Å². The predicted octanol–water partition coefficient (Wildman–Crippen LogP) is 5.43. The van der Waals surface area contributed by atoms with E-state index < -0.39 is 0 Å². The number of benzene rings is 1. The summed E-state index contributed by atoms with van der Waals surface area (Å²) in [6.45, 7) is 6.72. The Kier molecular flexibility index (Phi) is 4.69. The number of hydrogen-bond donors (Lipinski definition) is 0. The molecule has 2 aromatic rings. The minimum Gasteiger partial charge on any atom is -0.249 e. The van der Waals surface area contributed by atoms with Crippen molar-refractivity contribution < 1.29 is 0 Å². The van der Waals surface area contributed by atoms with Gasteiger partial charge in [0, 0.05) is 16.4 Å². The summed E-state index contributed by atoms with van der Waals surface area (Å²) in [4.78, 5) is 4.37. The van der Waals surface area contributed by atoms with E-state index in [-0.39, 0.29) is 5.41 Å². The lowest BCUT2D eigenvalue weighted by Crippen LogP contribution is -2.10. The van der Waals surface area contributed by atoms with Gasteiger partial charge < -0.3 is 0 Å². The van der Waals surface area contributed by atoms with Gasteiger partial charge in [0.05, 0.1) is 5.03 Å². The van der Waals surface area contributed by atoms with Gasteiger partial charge >= 0.3 is 0 Å². The van der Waals surface area contributed by atoms with E-state index in [2.05, 4.69) is 66.0 Å². The number of hydrogen-bond acceptors (Lipinski definition) is 2. The van der Waals surface area contributed by atoms with Crippen molar-refractivity contribution in [2.24, 2.45) is 0 Å². The number of rotatable bonds is 3. The Labute approximate surface area is 128 Å². The molecule has 0 saturated carbocycles. The third kappa shape index (κ3) is 4.36. The summed E-state index contributed by atoms with van der Waals surface area (Å²) in [7, 11) is 0. The first-order valence-corrected chi connectivity index (χ1v) is 8.07. The molecule has 1 nitrogen and oxygen atoms in total. The van der Waals surface area contributed by atoms with Gasteiger partial charge in [-0.3, -0.25) is 0 Å². The molecule has 2 rings (SSSR count). The third-order valence-corrected chi connectivity index (χ3v) is 4.39. The highest BCUT2D eigenvalue weighted by Crippen LogP contribution is 2.25. The summed E-state index contributed by atoms with van der Waals surface area (Å²) in [6.07, 6.45) is 1.84. The first-order valence-electron chi connectivity index (χ1n) is 6.29. The summed E-state index contributed by atoms with van der Waals surface area (Å²) in [6, 6.07) is 12.9. The zero-order valence-corrected chi connectivity index (χ0v) is 13.9. The standard InChI is InChI=1S/C16H18BrNS/c1-16(2,3)13-6-4-12(5-7-13)11-19-15-9-8-14(17)10-18-15/h4-10H,11H2,1-3H3. The molecule has 0 unspecified atom stereocenters. The number of halogens is 1. The molecule has 0 spiro atoms. The molecule has 3 heteroatoms. The average molecular weight is 336 g/mol. The molecule has 0 amide bonds. The van der Waals surface area contributed by atoms with Crippen LogP contribution in [-0.2, 0) is 11.2 Å². The maximum absolute atomic E-state index is 4.37. The third-order valence-electron chi connectivity index (χ3n) is 2.91. The number of thioether (sulfide) groups is 1. The topological polar surface area (TPSA) is 12.9 Å². The van der Waals surface area contributed by atoms with Crippen LogP contribution in [0.1, 0.15) is 31.9 Å². The monoisotopic (exact) mass is 335 g/mol. The molecular weight excluding hydrogens is 318 g/mol. The van der Waals surface area contributed by atoms with Gasteiger partial charge in [0.1, 0.15) is 0 Å². The molecule has 1 aromatic heterocycles. The van der Waals surface area contributed by atoms with Crippen LogP contribution in [-0.4, -0.2) is 4.98 Å². The maximum atomic E-state index is 4.37. The van der Waals surface area contributed by atoms with Crippen LogP contribution in [0, 0.1) is 0 Å². The fourth-order valence-electron chi connectivity index (χ4n) is 1.71. The fourth-order valence-corrected chi connectivity index (χ4v) is 2.74. The summed E-state index contributed by atoms with van der Waals surface area (Å²) in [5, 5.41) is 1.06. The van der Waals surface area contributed by atoms with E-state index in [1.54, 1.807) is 11.8 Å². The van der Waals surface area contributed by atoms with Crippen LogP contribution in [0.25, 0.3) is 0 Å². The van der Waals surface area contributed by atoms with Crippen LogP contribution in [0.15, 0.2) is 52.1 Å². The maximum Gasteiger partial charge on any atom is 0.0963 e. The van der Waals surface area contributed by atoms with Crippen molar-refractivity contribution in [3.8, 4) is 0 Å². The van der Waals surface area contributed by atoms with E-state index in [0.717, 1.165) is 15.3 Å². The zero-order valence-electron chi connectivity index (χ0n) is 11.5. The lowest BCUT2D eigenvalue weighted by atomic mass is 9.87. The molecular formula is C16H18BrNS. The number of aromatic nitrogens is 1. The van der Waals surface area contributed by atoms with Crippen LogP contribution in [0.4, 0.5) is 0 Å². The van der Waals surface area contributed by atoms with Gasteiger partial charge in [-0.25, -0.2) is 4.98 Å². The minimum absolute atomic E-state index is 0.221. The van der Waals surface area contributed by atoms with Crippen molar-refractivity contribution in [3.05, 3.63) is 58.2 Å². The minimum atomic E-state index is 0.221. The van der Waals surface area contributed by atoms with Gasteiger partial charge in [0.25, 0.3) is 0 Å². The highest BCUT2D eigenvalue weighted by atomic mass is 79.9. The number of nitrogens with zero attached hydrogens (tertiary/aromatic N) is 1. The van der Waals surface area contributed by atoms with Crippen molar-refractivity contribution in [1.82, 2.24) is 4.98 Å². The average Bonchev–Trinajstić information content (AvgIpc) is 2.37. The fraction of sp³-hybridized carbons (Fsp3) is 0.312. The molecule has 100 valence electrons. The van der Waals surface area contributed by atoms with Gasteiger partial charge in [-0.15, -0.1) is 11.8 Å². The summed E-state index contributed by atoms with van der Waals surface area (Å²) in [5.41, 5.74) is 2.93. The molecule has 0 aliphatic heterocycles. The van der Waals surface area contributed by atoms with E-state index in [1.165, 1.54) is 11.1 Å². The molecule has 0 aliphatic carbocycles. The van der Waals surface area contributed by atoms with Gasteiger partial charge in [-0.1, -0.05) is 45.0 Å². The van der Waals surface area contributed by atoms with Gasteiger partial charge in [0.15, 0.2) is 0 Å². The largest absolute Gasteiger partial charge is 0.249 e. The van der Waals surface area contributed by atoms with Crippen LogP contribution < -0.4 is 0 Å². The van der Waals surface area contributed by atoms with Crippen molar-refractivity contribution in [2.45, 2.75) is 37.0 Å². The Morgan fingerprint density at radius 1 is 1.05 bits per heavy atom. The normalized spacial score (nSPS) is 11.6. The SMILES string of the molecule is CC(C)(C)c1ccc(CSc2ccc(Br)cn2)cc1. The smallest absolute Gasteiger partial charge is 0.0963 e. The Hall–Kier alpha value is -0.800. The Morgan fingerprint density at radius 2 is 1.74 bits per heavy atom. The molecule has 0 bridgehead atoms. The van der Waals surface area contributed by atoms with Crippen LogP contribution in [0.3, 0.4) is 0 Å². The second-order valence-electron chi connectivity index (χ2n) is 5.55. The molecule has 1 aromatic carbocycles. The van der Waals surface area contributed by atoms with Gasteiger partial charge in [0.2, 0.25) is 0 Å². The van der Waals surface area contributed by atoms with Crippen molar-refractivity contribution in [1.29, 1.82) is 0 Å². The van der Waals surface area contributed by atoms with E-state index in [0.29, 0.717) is 0 Å². The van der Waals surface area contributed by atoms with E-state index in [4.69, 9.17) is 0 Å². The molecule has 0 N–H and O–H groups in total. The molecule has 1 heterocycles. The second-order valence-corrected chi connectivity index (χ2v) is 7.46. The van der Waals surface area contributed by atoms with Gasteiger partial charge in [-0.05, 0) is 44.6 Å². The Balaban J connectivity index is 1.98. The van der Waals surface area contributed by atoms with Gasteiger partial charge in [-0.2, -0.15) is 0 Å². The van der Waals surface area contributed by atoms with Crippen molar-refractivity contribution >= 4 is 27.7 Å². The predicted molar refractivity (Wildman–Crippen MR) is 86.6 cm³/mol. The molecule has 0 aliphatic rings. The lowest BCUT2D eigenvalue weighted by molar-refractivity contribution is 0.590. The molecule has 0 saturated heterocycles. The number of pyridine rings is 1. The molecule has 0 fully saturated rings. The molecule has 0 radical (unpaired) electrons. The lowest BCUT2D eigenvalue weighted by Gasteiger charge is -2.19. The molecule has 19 heavy (non-hydrogen) atoms. The molecule has 0 atom stereocenters. The van der Waals surface area contributed by atoms with Crippen LogP contribution in [0.5, 0.6) is 0 Å². The second kappa shape index (κ2) is 6.10. The highest BCUT2D eigenvalue weighted by Gasteiger charge is 2.12. The van der Waals surface area contributed by atoms with Crippen molar-refractivity contribution in [2.75, 3.05) is 0 Å². The summed E-state index contributed by atoms with van der Waals surface area (Å²) >= 11 is 5.16. The Bertz CT molecular complexity index is 526. The highest BCUT2D eigenvalue weighted by molar-refractivity contribution is 9.10. The first-order chi connectivity index (χ1) is 8.95. The summed E-state index contributed by atoms with van der Waals surface area (Å²) < 4.78 is 1.02.